The third-order valence-corrected chi connectivity index (χ3v) is 4.24. The van der Waals surface area contributed by atoms with Crippen LogP contribution in [0.1, 0.15) is 24.6 Å². The maximum Gasteiger partial charge on any atom is 0.351 e. The lowest BCUT2D eigenvalue weighted by molar-refractivity contribution is -0.117. The van der Waals surface area contributed by atoms with Gasteiger partial charge in [-0.2, -0.15) is 5.10 Å². The Hall–Kier alpha value is -3.22. The van der Waals surface area contributed by atoms with E-state index in [2.05, 4.69) is 10.4 Å². The van der Waals surface area contributed by atoms with E-state index in [4.69, 9.17) is 0 Å². The molecule has 0 aliphatic heterocycles. The summed E-state index contributed by atoms with van der Waals surface area (Å²) in [5.74, 6) is 0.175. The molecule has 26 heavy (non-hydrogen) atoms. The molecule has 1 aromatic heterocycles. The highest BCUT2D eigenvalue weighted by Crippen LogP contribution is 2.39. The first-order chi connectivity index (χ1) is 12.6. The molecule has 132 valence electrons. The van der Waals surface area contributed by atoms with E-state index in [1.807, 2.05) is 30.3 Å². The monoisotopic (exact) mass is 352 g/mol. The maximum atomic E-state index is 12.9. The van der Waals surface area contributed by atoms with Crippen LogP contribution in [0.2, 0.25) is 0 Å². The number of rotatable bonds is 5. The van der Waals surface area contributed by atoms with Crippen LogP contribution in [-0.4, -0.2) is 20.3 Å². The van der Waals surface area contributed by atoms with Gasteiger partial charge in [0.1, 0.15) is 18.2 Å². The van der Waals surface area contributed by atoms with Crippen LogP contribution < -0.4 is 11.0 Å². The third-order valence-electron chi connectivity index (χ3n) is 4.24. The highest BCUT2D eigenvalue weighted by molar-refractivity contribution is 5.90. The topological polar surface area (TPSA) is 68.9 Å². The summed E-state index contributed by atoms with van der Waals surface area (Å²) in [5, 5.41) is 7.03. The molecule has 3 aromatic rings. The highest BCUT2D eigenvalue weighted by atomic mass is 19.1. The maximum absolute atomic E-state index is 12.9. The van der Waals surface area contributed by atoms with Gasteiger partial charge in [0.15, 0.2) is 0 Å². The van der Waals surface area contributed by atoms with Crippen molar-refractivity contribution >= 4 is 11.6 Å². The predicted octanol–water partition coefficient (Wildman–Crippen LogP) is 2.69. The first-order valence-corrected chi connectivity index (χ1v) is 8.42. The summed E-state index contributed by atoms with van der Waals surface area (Å²) >= 11 is 0. The van der Waals surface area contributed by atoms with Crippen LogP contribution in [0.15, 0.2) is 59.4 Å². The SMILES string of the molecule is O=C(Cn1nc(C2CC2)n(-c2ccccc2)c1=O)Nc1ccc(F)cc1. The Bertz CT molecular complexity index is 989. The van der Waals surface area contributed by atoms with Gasteiger partial charge in [0.2, 0.25) is 5.91 Å². The highest BCUT2D eigenvalue weighted by Gasteiger charge is 2.31. The Kier molecular flexibility index (Phi) is 4.12. The van der Waals surface area contributed by atoms with E-state index < -0.39 is 5.91 Å². The van der Waals surface area contributed by atoms with E-state index in [1.54, 1.807) is 4.57 Å². The first-order valence-electron chi connectivity index (χ1n) is 8.42. The number of amides is 1. The lowest BCUT2D eigenvalue weighted by atomic mass is 10.3. The van der Waals surface area contributed by atoms with E-state index >= 15 is 0 Å². The number of hydrogen-bond donors (Lipinski definition) is 1. The Morgan fingerprint density at radius 1 is 1.12 bits per heavy atom. The summed E-state index contributed by atoms with van der Waals surface area (Å²) in [4.78, 5) is 25.0. The lowest BCUT2D eigenvalue weighted by Gasteiger charge is -2.04. The van der Waals surface area contributed by atoms with E-state index in [1.165, 1.54) is 28.9 Å². The van der Waals surface area contributed by atoms with Crippen molar-refractivity contribution in [3.05, 3.63) is 76.7 Å². The van der Waals surface area contributed by atoms with E-state index in [0.717, 1.165) is 18.5 Å². The fraction of sp³-hybridized carbons (Fsp3) is 0.211. The minimum absolute atomic E-state index is 0.199. The van der Waals surface area contributed by atoms with Crippen molar-refractivity contribution in [2.24, 2.45) is 0 Å². The number of halogens is 1. The van der Waals surface area contributed by atoms with E-state index in [0.29, 0.717) is 11.5 Å². The van der Waals surface area contributed by atoms with E-state index in [9.17, 15) is 14.0 Å². The number of anilines is 1. The summed E-state index contributed by atoms with van der Waals surface area (Å²) in [7, 11) is 0. The molecule has 1 heterocycles. The van der Waals surface area contributed by atoms with Gasteiger partial charge in [-0.15, -0.1) is 0 Å². The van der Waals surface area contributed by atoms with Crippen LogP contribution in [0, 0.1) is 5.82 Å². The molecule has 1 saturated carbocycles. The summed E-state index contributed by atoms with van der Waals surface area (Å²) in [5.41, 5.74) is 0.867. The largest absolute Gasteiger partial charge is 0.351 e. The second-order valence-corrected chi connectivity index (χ2v) is 6.30. The first kappa shape index (κ1) is 16.3. The van der Waals surface area contributed by atoms with Crippen LogP contribution in [0.4, 0.5) is 10.1 Å². The summed E-state index contributed by atoms with van der Waals surface area (Å²) < 4.78 is 15.7. The number of nitrogens with one attached hydrogen (secondary N) is 1. The van der Waals surface area contributed by atoms with Gasteiger partial charge in [-0.1, -0.05) is 18.2 Å². The molecule has 1 amide bonds. The minimum Gasteiger partial charge on any atom is -0.324 e. The van der Waals surface area contributed by atoms with Crippen molar-refractivity contribution in [1.29, 1.82) is 0 Å². The van der Waals surface area contributed by atoms with Crippen LogP contribution >= 0.6 is 0 Å². The average molecular weight is 352 g/mol. The molecule has 0 bridgehead atoms. The number of para-hydroxylation sites is 1. The Balaban J connectivity index is 1.60. The quantitative estimate of drug-likeness (QED) is 0.768. The van der Waals surface area contributed by atoms with Crippen LogP contribution in [-0.2, 0) is 11.3 Å². The summed E-state index contributed by atoms with van der Waals surface area (Å²) in [6.45, 7) is -0.199. The van der Waals surface area contributed by atoms with Crippen molar-refractivity contribution in [2.45, 2.75) is 25.3 Å². The van der Waals surface area contributed by atoms with Gasteiger partial charge in [0, 0.05) is 11.6 Å². The fourth-order valence-electron chi connectivity index (χ4n) is 2.82. The molecule has 0 saturated heterocycles. The van der Waals surface area contributed by atoms with Crippen LogP contribution in [0.3, 0.4) is 0 Å². The minimum atomic E-state index is -0.390. The molecule has 0 spiro atoms. The van der Waals surface area contributed by atoms with Crippen molar-refractivity contribution in [3.63, 3.8) is 0 Å². The Labute approximate surface area is 148 Å². The van der Waals surface area contributed by atoms with Gasteiger partial charge in [0.05, 0.1) is 5.69 Å². The number of carbonyl (C=O) groups is 1. The van der Waals surface area contributed by atoms with Crippen LogP contribution in [0.5, 0.6) is 0 Å². The standard InChI is InChI=1S/C19H17FN4O2/c20-14-8-10-15(11-9-14)21-17(25)12-23-19(26)24(16-4-2-1-3-5-16)18(22-23)13-6-7-13/h1-5,8-11,13H,6-7,12H2,(H,21,25). The van der Waals surface area contributed by atoms with Gasteiger partial charge in [-0.3, -0.25) is 4.79 Å². The zero-order valence-corrected chi connectivity index (χ0v) is 13.9. The van der Waals surface area contributed by atoms with Crippen molar-refractivity contribution < 1.29 is 9.18 Å². The summed E-state index contributed by atoms with van der Waals surface area (Å²) in [6.07, 6.45) is 1.98. The molecule has 1 aliphatic rings. The molecule has 4 rings (SSSR count). The van der Waals surface area contributed by atoms with Crippen molar-refractivity contribution in [1.82, 2.24) is 14.3 Å². The third kappa shape index (κ3) is 3.28. The number of aromatic nitrogens is 3. The zero-order chi connectivity index (χ0) is 18.1. The van der Waals surface area contributed by atoms with Gasteiger partial charge >= 0.3 is 5.69 Å². The molecule has 7 heteroatoms. The molecule has 1 N–H and O–H groups in total. The van der Waals surface area contributed by atoms with Gasteiger partial charge in [-0.25, -0.2) is 18.4 Å². The second kappa shape index (κ2) is 6.59. The molecule has 0 radical (unpaired) electrons. The molecule has 1 aliphatic carbocycles. The normalized spacial score (nSPS) is 13.6. The number of hydrogen-bond acceptors (Lipinski definition) is 3. The van der Waals surface area contributed by atoms with Gasteiger partial charge < -0.3 is 5.32 Å². The lowest BCUT2D eigenvalue weighted by Crippen LogP contribution is -2.29. The number of benzene rings is 2. The van der Waals surface area contributed by atoms with Crippen molar-refractivity contribution in [3.8, 4) is 5.69 Å². The average Bonchev–Trinajstić information content (AvgIpc) is 3.43. The smallest absolute Gasteiger partial charge is 0.324 e. The Morgan fingerprint density at radius 2 is 1.81 bits per heavy atom. The molecule has 2 aromatic carbocycles. The number of nitrogens with zero attached hydrogens (tertiary/aromatic N) is 3. The van der Waals surface area contributed by atoms with Crippen molar-refractivity contribution in [2.75, 3.05) is 5.32 Å². The zero-order valence-electron chi connectivity index (χ0n) is 13.9. The second-order valence-electron chi connectivity index (χ2n) is 6.30. The molecular formula is C19H17FN4O2. The molecule has 6 nitrogen and oxygen atoms in total. The summed E-state index contributed by atoms with van der Waals surface area (Å²) in [6, 6.07) is 14.7. The van der Waals surface area contributed by atoms with Gasteiger partial charge in [0.25, 0.3) is 0 Å². The van der Waals surface area contributed by atoms with Gasteiger partial charge in [-0.05, 0) is 49.2 Å². The predicted molar refractivity (Wildman–Crippen MR) is 94.8 cm³/mol. The van der Waals surface area contributed by atoms with Crippen LogP contribution in [0.25, 0.3) is 5.69 Å². The molecule has 0 atom stereocenters. The number of carbonyl (C=O) groups excluding carboxylic acids is 1. The van der Waals surface area contributed by atoms with E-state index in [-0.39, 0.29) is 24.0 Å². The fourth-order valence-corrected chi connectivity index (χ4v) is 2.82. The molecular weight excluding hydrogens is 335 g/mol. The molecule has 1 fully saturated rings. The Morgan fingerprint density at radius 3 is 2.46 bits per heavy atom. The molecule has 0 unspecified atom stereocenters.